The van der Waals surface area contributed by atoms with Crippen LogP contribution in [0.1, 0.15) is 57.5 Å². The molecule has 1 aromatic heterocycles. The Morgan fingerprint density at radius 3 is 2.15 bits per heavy atom. The fourth-order valence-corrected chi connectivity index (χ4v) is 5.27. The highest BCUT2D eigenvalue weighted by Gasteiger charge is 2.34. The molecule has 0 atom stereocenters. The molecule has 0 fully saturated rings. The summed E-state index contributed by atoms with van der Waals surface area (Å²) in [6.07, 6.45) is 8.26. The van der Waals surface area contributed by atoms with Gasteiger partial charge in [0.25, 0.3) is 0 Å². The van der Waals surface area contributed by atoms with Gasteiger partial charge < -0.3 is 0 Å². The van der Waals surface area contributed by atoms with Crippen LogP contribution in [-0.2, 0) is 6.42 Å². The van der Waals surface area contributed by atoms with Crippen LogP contribution in [0, 0.1) is 10.8 Å². The van der Waals surface area contributed by atoms with E-state index in [9.17, 15) is 0 Å². The van der Waals surface area contributed by atoms with E-state index in [0.29, 0.717) is 0 Å². The molecule has 0 unspecified atom stereocenters. The highest BCUT2D eigenvalue weighted by molar-refractivity contribution is 7.17. The maximum Gasteiger partial charge on any atom is 0.0390 e. The molecule has 1 aromatic carbocycles. The summed E-state index contributed by atoms with van der Waals surface area (Å²) in [5.74, 6) is 0. The third kappa shape index (κ3) is 2.83. The lowest BCUT2D eigenvalue weighted by molar-refractivity contribution is 0.497. The summed E-state index contributed by atoms with van der Waals surface area (Å²) in [5, 5.41) is 0. The van der Waals surface area contributed by atoms with E-state index in [4.69, 9.17) is 0 Å². The van der Waals surface area contributed by atoms with Gasteiger partial charge in [-0.1, -0.05) is 89.6 Å². The fraction of sp³-hybridized carbons (Fsp3) is 0.360. The Hall–Kier alpha value is -1.86. The second-order valence-corrected chi connectivity index (χ2v) is 10.6. The summed E-state index contributed by atoms with van der Waals surface area (Å²) in [4.78, 5) is 2.88. The molecule has 0 spiro atoms. The average molecular weight is 361 g/mol. The van der Waals surface area contributed by atoms with E-state index >= 15 is 0 Å². The molecule has 2 aliphatic carbocycles. The smallest absolute Gasteiger partial charge is 0.0390 e. The quantitative estimate of drug-likeness (QED) is 0.487. The van der Waals surface area contributed by atoms with Crippen LogP contribution in [0.5, 0.6) is 0 Å². The second-order valence-electron chi connectivity index (χ2n) is 9.52. The summed E-state index contributed by atoms with van der Waals surface area (Å²) in [5.41, 5.74) is 9.18. The molecular weight excluding hydrogens is 332 g/mol. The van der Waals surface area contributed by atoms with E-state index < -0.39 is 0 Å². The molecule has 0 radical (unpaired) electrons. The number of allylic oxidation sites excluding steroid dienone is 5. The lowest BCUT2D eigenvalue weighted by Gasteiger charge is -2.22. The minimum absolute atomic E-state index is 0.154. The van der Waals surface area contributed by atoms with Crippen molar-refractivity contribution < 1.29 is 0 Å². The molecule has 26 heavy (non-hydrogen) atoms. The van der Waals surface area contributed by atoms with E-state index in [1.165, 1.54) is 37.6 Å². The van der Waals surface area contributed by atoms with Crippen molar-refractivity contribution in [2.45, 2.75) is 48.0 Å². The summed E-state index contributed by atoms with van der Waals surface area (Å²) < 4.78 is 0. The van der Waals surface area contributed by atoms with Crippen LogP contribution in [0.15, 0.2) is 53.6 Å². The minimum Gasteiger partial charge on any atom is -0.135 e. The molecule has 134 valence electrons. The van der Waals surface area contributed by atoms with Crippen molar-refractivity contribution >= 4 is 23.0 Å². The van der Waals surface area contributed by atoms with Gasteiger partial charge in [0.05, 0.1) is 0 Å². The Kier molecular flexibility index (Phi) is 3.93. The van der Waals surface area contributed by atoms with Crippen LogP contribution in [0.3, 0.4) is 0 Å². The number of thiophene rings is 1. The highest BCUT2D eigenvalue weighted by Crippen LogP contribution is 2.52. The maximum absolute atomic E-state index is 2.44. The molecule has 2 aliphatic rings. The van der Waals surface area contributed by atoms with E-state index in [1.807, 2.05) is 11.3 Å². The van der Waals surface area contributed by atoms with Gasteiger partial charge in [0.2, 0.25) is 0 Å². The van der Waals surface area contributed by atoms with Gasteiger partial charge in [-0.3, -0.25) is 0 Å². The first kappa shape index (κ1) is 17.5. The molecule has 4 rings (SSSR count). The van der Waals surface area contributed by atoms with Crippen molar-refractivity contribution in [3.8, 4) is 10.4 Å². The second kappa shape index (κ2) is 5.82. The summed E-state index contributed by atoms with van der Waals surface area (Å²) >= 11 is 1.97. The van der Waals surface area contributed by atoms with Crippen molar-refractivity contribution in [3.05, 3.63) is 69.6 Å². The van der Waals surface area contributed by atoms with Gasteiger partial charge in [0.15, 0.2) is 0 Å². The van der Waals surface area contributed by atoms with Gasteiger partial charge >= 0.3 is 0 Å². The molecule has 0 aliphatic heterocycles. The van der Waals surface area contributed by atoms with Crippen LogP contribution in [-0.4, -0.2) is 0 Å². The van der Waals surface area contributed by atoms with Crippen LogP contribution < -0.4 is 0 Å². The molecule has 0 saturated carbocycles. The Morgan fingerprint density at radius 2 is 1.54 bits per heavy atom. The van der Waals surface area contributed by atoms with E-state index in [-0.39, 0.29) is 10.8 Å². The van der Waals surface area contributed by atoms with Gasteiger partial charge in [0, 0.05) is 15.3 Å². The lowest BCUT2D eigenvalue weighted by atomic mass is 9.82. The number of rotatable bonds is 1. The van der Waals surface area contributed by atoms with Gasteiger partial charge in [-0.15, -0.1) is 11.3 Å². The summed E-state index contributed by atoms with van der Waals surface area (Å²) in [6.45, 7) is 14.0. The Morgan fingerprint density at radius 1 is 0.846 bits per heavy atom. The molecular formula is C25H28S. The van der Waals surface area contributed by atoms with Crippen molar-refractivity contribution in [1.29, 1.82) is 0 Å². The zero-order chi connectivity index (χ0) is 18.7. The zero-order valence-corrected chi connectivity index (χ0v) is 17.6. The molecule has 0 saturated heterocycles. The van der Waals surface area contributed by atoms with E-state index in [0.717, 1.165) is 6.42 Å². The summed E-state index contributed by atoms with van der Waals surface area (Å²) in [6, 6.07) is 10.9. The van der Waals surface area contributed by atoms with E-state index in [1.54, 1.807) is 5.57 Å². The van der Waals surface area contributed by atoms with Crippen molar-refractivity contribution in [1.82, 2.24) is 0 Å². The molecule has 0 nitrogen and oxygen atoms in total. The van der Waals surface area contributed by atoms with Crippen molar-refractivity contribution in [2.24, 2.45) is 10.8 Å². The Bertz CT molecular complexity index is 948. The van der Waals surface area contributed by atoms with Gasteiger partial charge in [-0.05, 0) is 45.6 Å². The summed E-state index contributed by atoms with van der Waals surface area (Å²) in [7, 11) is 0. The van der Waals surface area contributed by atoms with Crippen LogP contribution in [0.2, 0.25) is 0 Å². The Balaban J connectivity index is 1.98. The molecule has 0 amide bonds. The first-order valence-electron chi connectivity index (χ1n) is 9.51. The molecule has 1 heterocycles. The third-order valence-corrected chi connectivity index (χ3v) is 6.73. The van der Waals surface area contributed by atoms with Gasteiger partial charge in [-0.2, -0.15) is 0 Å². The third-order valence-electron chi connectivity index (χ3n) is 5.51. The fourth-order valence-electron chi connectivity index (χ4n) is 3.98. The minimum atomic E-state index is 0.154. The Labute approximate surface area is 162 Å². The van der Waals surface area contributed by atoms with Gasteiger partial charge in [-0.25, -0.2) is 0 Å². The predicted octanol–water partition coefficient (Wildman–Crippen LogP) is 7.77. The number of benzene rings is 1. The normalized spacial score (nSPS) is 16.6. The van der Waals surface area contributed by atoms with Crippen LogP contribution >= 0.6 is 11.3 Å². The topological polar surface area (TPSA) is 0 Å². The van der Waals surface area contributed by atoms with Gasteiger partial charge in [0.1, 0.15) is 0 Å². The highest BCUT2D eigenvalue weighted by atomic mass is 32.1. The molecule has 0 N–H and O–H groups in total. The standard InChI is InChI=1S/C25H28S/c1-24(2,3)17-12-13-18-20(25(4,5)6)15-19-22(18)21(14-17)26-23(19)16-10-8-7-9-11-16/h7-14H,15H2,1-6H3. The SMILES string of the molecule is CC(C)(C)C1=Cc2sc(-c3ccccc3)c3c2C(=C(C(C)(C)C)C3)C=C1. The maximum atomic E-state index is 2.44. The van der Waals surface area contributed by atoms with Crippen LogP contribution in [0.4, 0.5) is 0 Å². The molecule has 0 bridgehead atoms. The zero-order valence-electron chi connectivity index (χ0n) is 16.7. The molecule has 2 aromatic rings. The predicted molar refractivity (Wildman–Crippen MR) is 116 cm³/mol. The number of hydrogen-bond acceptors (Lipinski definition) is 1. The first-order chi connectivity index (χ1) is 12.2. The van der Waals surface area contributed by atoms with Crippen molar-refractivity contribution in [3.63, 3.8) is 0 Å². The largest absolute Gasteiger partial charge is 0.135 e. The molecule has 1 heteroatoms. The first-order valence-corrected chi connectivity index (χ1v) is 10.3. The number of hydrogen-bond donors (Lipinski definition) is 0. The lowest BCUT2D eigenvalue weighted by Crippen LogP contribution is -2.10. The van der Waals surface area contributed by atoms with Crippen LogP contribution in [0.25, 0.3) is 22.1 Å². The monoisotopic (exact) mass is 360 g/mol. The average Bonchev–Trinajstić information content (AvgIpc) is 3.02. The van der Waals surface area contributed by atoms with Crippen molar-refractivity contribution in [2.75, 3.05) is 0 Å². The van der Waals surface area contributed by atoms with E-state index in [2.05, 4.69) is 90.1 Å².